The number of carbonyl (C=O) groups excluding carboxylic acids is 1. The van der Waals surface area contributed by atoms with E-state index in [-0.39, 0.29) is 24.1 Å². The second-order valence-corrected chi connectivity index (χ2v) is 5.96. The zero-order chi connectivity index (χ0) is 16.9. The summed E-state index contributed by atoms with van der Waals surface area (Å²) in [5, 5.41) is 0. The highest BCUT2D eigenvalue weighted by atomic mass is 35.5. The van der Waals surface area contributed by atoms with Crippen LogP contribution in [0, 0.1) is 5.82 Å². The summed E-state index contributed by atoms with van der Waals surface area (Å²) in [6.45, 7) is 1.18. The van der Waals surface area contributed by atoms with Crippen molar-refractivity contribution in [2.45, 2.75) is 18.6 Å². The number of rotatable bonds is 4. The van der Waals surface area contributed by atoms with Gasteiger partial charge in [0.25, 0.3) is 0 Å². The molecule has 1 fully saturated rings. The molecule has 134 valence electrons. The Morgan fingerprint density at radius 2 is 1.88 bits per heavy atom. The molecule has 0 spiro atoms. The molecule has 2 unspecified atom stereocenters. The first-order chi connectivity index (χ1) is 11.6. The molecule has 2 aromatic carbocycles. The summed E-state index contributed by atoms with van der Waals surface area (Å²) in [6, 6.07) is 15.6. The van der Waals surface area contributed by atoms with Gasteiger partial charge < -0.3 is 15.4 Å². The molecule has 0 aliphatic carbocycles. The summed E-state index contributed by atoms with van der Waals surface area (Å²) in [6.07, 6.45) is 0.0364. The standard InChI is InChI=1S/C19H21FN2O2.ClH/c20-16-9-5-4-8-15(16)18-13-22(10-11-24-18)19(23)17(21)12-14-6-2-1-3-7-14;/h1-9,17-18H,10-13,21H2;1H. The van der Waals surface area contributed by atoms with Gasteiger partial charge in [-0.15, -0.1) is 12.4 Å². The average molecular weight is 365 g/mol. The van der Waals surface area contributed by atoms with Crippen LogP contribution in [0.4, 0.5) is 4.39 Å². The Morgan fingerprint density at radius 1 is 1.20 bits per heavy atom. The number of ether oxygens (including phenoxy) is 1. The van der Waals surface area contributed by atoms with Crippen molar-refractivity contribution in [1.82, 2.24) is 4.90 Å². The molecule has 1 saturated heterocycles. The molecule has 1 amide bonds. The van der Waals surface area contributed by atoms with Crippen LogP contribution in [0.3, 0.4) is 0 Å². The molecule has 4 nitrogen and oxygen atoms in total. The third kappa shape index (κ3) is 4.78. The number of nitrogens with zero attached hydrogens (tertiary/aromatic N) is 1. The molecule has 2 N–H and O–H groups in total. The fourth-order valence-corrected chi connectivity index (χ4v) is 2.96. The maximum atomic E-state index is 13.9. The second-order valence-electron chi connectivity index (χ2n) is 5.96. The summed E-state index contributed by atoms with van der Waals surface area (Å²) >= 11 is 0. The van der Waals surface area contributed by atoms with Crippen LogP contribution < -0.4 is 5.73 Å². The van der Waals surface area contributed by atoms with Crippen molar-refractivity contribution in [2.24, 2.45) is 5.73 Å². The first kappa shape index (κ1) is 19.4. The molecule has 1 heterocycles. The molecular weight excluding hydrogens is 343 g/mol. The molecule has 25 heavy (non-hydrogen) atoms. The topological polar surface area (TPSA) is 55.6 Å². The number of nitrogens with two attached hydrogens (primary N) is 1. The van der Waals surface area contributed by atoms with Crippen LogP contribution in [0.1, 0.15) is 17.2 Å². The van der Waals surface area contributed by atoms with E-state index in [1.165, 1.54) is 6.07 Å². The minimum Gasteiger partial charge on any atom is -0.370 e. The highest BCUT2D eigenvalue weighted by Crippen LogP contribution is 2.24. The maximum Gasteiger partial charge on any atom is 0.240 e. The van der Waals surface area contributed by atoms with Gasteiger partial charge in [-0.25, -0.2) is 4.39 Å². The number of halogens is 2. The highest BCUT2D eigenvalue weighted by molar-refractivity contribution is 5.85. The van der Waals surface area contributed by atoms with Gasteiger partial charge in [-0.2, -0.15) is 0 Å². The minimum atomic E-state index is -0.605. The number of hydrogen-bond donors (Lipinski definition) is 1. The Balaban J connectivity index is 0.00000225. The largest absolute Gasteiger partial charge is 0.370 e. The van der Waals surface area contributed by atoms with E-state index >= 15 is 0 Å². The smallest absolute Gasteiger partial charge is 0.240 e. The Kier molecular flexibility index (Phi) is 6.93. The molecule has 0 aromatic heterocycles. The summed E-state index contributed by atoms with van der Waals surface area (Å²) in [4.78, 5) is 14.3. The van der Waals surface area contributed by atoms with Gasteiger partial charge in [-0.05, 0) is 18.1 Å². The van der Waals surface area contributed by atoms with Crippen molar-refractivity contribution in [3.63, 3.8) is 0 Å². The van der Waals surface area contributed by atoms with Gasteiger partial charge in [0.1, 0.15) is 11.9 Å². The predicted octanol–water partition coefficient (Wildman–Crippen LogP) is 2.72. The SMILES string of the molecule is Cl.NC(Cc1ccccc1)C(=O)N1CCOC(c2ccccc2F)C1. The summed E-state index contributed by atoms with van der Waals surface area (Å²) in [7, 11) is 0. The lowest BCUT2D eigenvalue weighted by molar-refractivity contribution is -0.140. The fraction of sp³-hybridized carbons (Fsp3) is 0.316. The Labute approximate surface area is 153 Å². The summed E-state index contributed by atoms with van der Waals surface area (Å²) < 4.78 is 19.6. The molecule has 2 aromatic rings. The van der Waals surface area contributed by atoms with Crippen LogP contribution in [-0.4, -0.2) is 36.5 Å². The van der Waals surface area contributed by atoms with E-state index in [2.05, 4.69) is 0 Å². The lowest BCUT2D eigenvalue weighted by Crippen LogP contribution is -2.50. The van der Waals surface area contributed by atoms with E-state index in [9.17, 15) is 9.18 Å². The maximum absolute atomic E-state index is 13.9. The van der Waals surface area contributed by atoms with E-state index in [4.69, 9.17) is 10.5 Å². The van der Waals surface area contributed by atoms with E-state index in [1.54, 1.807) is 23.1 Å². The fourth-order valence-electron chi connectivity index (χ4n) is 2.96. The highest BCUT2D eigenvalue weighted by Gasteiger charge is 2.29. The molecule has 1 aliphatic rings. The van der Waals surface area contributed by atoms with Gasteiger partial charge in [-0.1, -0.05) is 48.5 Å². The second kappa shape index (κ2) is 8.94. The van der Waals surface area contributed by atoms with Crippen molar-refractivity contribution >= 4 is 18.3 Å². The van der Waals surface area contributed by atoms with Gasteiger partial charge in [0.15, 0.2) is 0 Å². The van der Waals surface area contributed by atoms with Gasteiger partial charge in [-0.3, -0.25) is 4.79 Å². The van der Waals surface area contributed by atoms with Crippen LogP contribution in [0.25, 0.3) is 0 Å². The third-order valence-electron chi connectivity index (χ3n) is 4.25. The lowest BCUT2D eigenvalue weighted by Gasteiger charge is -2.34. The zero-order valence-corrected chi connectivity index (χ0v) is 14.6. The van der Waals surface area contributed by atoms with Gasteiger partial charge >= 0.3 is 0 Å². The molecule has 0 radical (unpaired) electrons. The number of benzene rings is 2. The van der Waals surface area contributed by atoms with Crippen molar-refractivity contribution < 1.29 is 13.9 Å². The molecule has 3 rings (SSSR count). The summed E-state index contributed by atoms with van der Waals surface area (Å²) in [5.41, 5.74) is 7.59. The van der Waals surface area contributed by atoms with Crippen LogP contribution in [0.5, 0.6) is 0 Å². The molecular formula is C19H22ClFN2O2. The van der Waals surface area contributed by atoms with Crippen molar-refractivity contribution in [2.75, 3.05) is 19.7 Å². The van der Waals surface area contributed by atoms with E-state index < -0.39 is 12.1 Å². The average Bonchev–Trinajstić information content (AvgIpc) is 2.62. The molecule has 0 saturated carbocycles. The molecule has 6 heteroatoms. The lowest BCUT2D eigenvalue weighted by atomic mass is 10.0. The normalized spacial score (nSPS) is 18.3. The first-order valence-electron chi connectivity index (χ1n) is 8.09. The third-order valence-corrected chi connectivity index (χ3v) is 4.25. The van der Waals surface area contributed by atoms with Gasteiger partial charge in [0, 0.05) is 12.1 Å². The zero-order valence-electron chi connectivity index (χ0n) is 13.8. The van der Waals surface area contributed by atoms with E-state index in [0.717, 1.165) is 5.56 Å². The Bertz CT molecular complexity index is 699. The van der Waals surface area contributed by atoms with Crippen molar-refractivity contribution in [1.29, 1.82) is 0 Å². The Hall–Kier alpha value is -1.95. The molecule has 1 aliphatic heterocycles. The summed E-state index contributed by atoms with van der Waals surface area (Å²) in [5.74, 6) is -0.436. The van der Waals surface area contributed by atoms with Crippen LogP contribution in [0.15, 0.2) is 54.6 Å². The predicted molar refractivity (Wildman–Crippen MR) is 97.0 cm³/mol. The Morgan fingerprint density at radius 3 is 2.60 bits per heavy atom. The number of amides is 1. The number of hydrogen-bond acceptors (Lipinski definition) is 3. The monoisotopic (exact) mass is 364 g/mol. The van der Waals surface area contributed by atoms with Gasteiger partial charge in [0.2, 0.25) is 5.91 Å². The quantitative estimate of drug-likeness (QED) is 0.907. The van der Waals surface area contributed by atoms with Crippen molar-refractivity contribution in [3.05, 3.63) is 71.5 Å². The van der Waals surface area contributed by atoms with Crippen LogP contribution >= 0.6 is 12.4 Å². The molecule has 0 bridgehead atoms. The number of carbonyl (C=O) groups is 1. The van der Waals surface area contributed by atoms with Crippen LogP contribution in [0.2, 0.25) is 0 Å². The van der Waals surface area contributed by atoms with Gasteiger partial charge in [0.05, 0.1) is 19.2 Å². The van der Waals surface area contributed by atoms with E-state index in [1.807, 2.05) is 30.3 Å². The number of morpholine rings is 1. The van der Waals surface area contributed by atoms with E-state index in [0.29, 0.717) is 31.7 Å². The van der Waals surface area contributed by atoms with Crippen molar-refractivity contribution in [3.8, 4) is 0 Å². The van der Waals surface area contributed by atoms with Crippen LogP contribution in [-0.2, 0) is 16.0 Å². The first-order valence-corrected chi connectivity index (χ1v) is 8.09. The minimum absolute atomic E-state index is 0. The molecule has 2 atom stereocenters.